The van der Waals surface area contributed by atoms with E-state index in [1.807, 2.05) is 6.92 Å². The van der Waals surface area contributed by atoms with E-state index in [1.165, 1.54) is 0 Å². The lowest BCUT2D eigenvalue weighted by Gasteiger charge is -2.41. The molecule has 4 amide bonds. The monoisotopic (exact) mass is 437 g/mol. The summed E-state index contributed by atoms with van der Waals surface area (Å²) in [5.41, 5.74) is 1.09. The zero-order valence-corrected chi connectivity index (χ0v) is 17.6. The van der Waals surface area contributed by atoms with E-state index in [0.717, 1.165) is 35.6 Å². The Kier molecular flexibility index (Phi) is 4.85. The molecule has 0 bridgehead atoms. The minimum absolute atomic E-state index is 0.0955. The predicted octanol–water partition coefficient (Wildman–Crippen LogP) is 0.263. The highest BCUT2D eigenvalue weighted by Crippen LogP contribution is 2.40. The van der Waals surface area contributed by atoms with Crippen LogP contribution in [0.3, 0.4) is 0 Å². The topological polar surface area (TPSA) is 139 Å². The highest BCUT2D eigenvalue weighted by molar-refractivity contribution is 6.23. The number of rotatable bonds is 6. The number of carbonyl (C=O) groups excluding carboxylic acids is 4. The number of hydrogen-bond acceptors (Lipinski definition) is 8. The van der Waals surface area contributed by atoms with E-state index in [9.17, 15) is 19.2 Å². The average Bonchev–Trinajstić information content (AvgIpc) is 3.31. The summed E-state index contributed by atoms with van der Waals surface area (Å²) in [7, 11) is 0. The molecule has 3 aliphatic rings. The summed E-state index contributed by atoms with van der Waals surface area (Å²) >= 11 is 0. The number of aromatic nitrogens is 4. The van der Waals surface area contributed by atoms with Crippen LogP contribution in [0.5, 0.6) is 0 Å². The summed E-state index contributed by atoms with van der Waals surface area (Å²) in [5, 5.41) is 17.8. The van der Waals surface area contributed by atoms with Crippen molar-refractivity contribution in [2.75, 3.05) is 0 Å². The van der Waals surface area contributed by atoms with Crippen LogP contribution in [0.15, 0.2) is 18.2 Å². The van der Waals surface area contributed by atoms with E-state index in [2.05, 4.69) is 26.2 Å². The summed E-state index contributed by atoms with van der Waals surface area (Å²) in [6.45, 7) is 3.14. The van der Waals surface area contributed by atoms with Gasteiger partial charge in [-0.3, -0.25) is 29.4 Å². The molecule has 2 fully saturated rings. The smallest absolute Gasteiger partial charge is 0.262 e. The van der Waals surface area contributed by atoms with Gasteiger partial charge in [-0.1, -0.05) is 6.07 Å². The summed E-state index contributed by atoms with van der Waals surface area (Å²) in [5.74, 6) is -1.21. The molecule has 32 heavy (non-hydrogen) atoms. The third-order valence-electron chi connectivity index (χ3n) is 6.60. The molecule has 2 N–H and O–H groups in total. The molecule has 2 aliphatic heterocycles. The van der Waals surface area contributed by atoms with Gasteiger partial charge in [0, 0.05) is 19.5 Å². The first kappa shape index (κ1) is 20.4. The molecule has 1 atom stereocenters. The van der Waals surface area contributed by atoms with Gasteiger partial charge in [0.15, 0.2) is 5.82 Å². The van der Waals surface area contributed by atoms with Crippen molar-refractivity contribution >= 4 is 23.6 Å². The van der Waals surface area contributed by atoms with E-state index in [-0.39, 0.29) is 29.5 Å². The average molecular weight is 437 g/mol. The van der Waals surface area contributed by atoms with Crippen LogP contribution in [-0.4, -0.2) is 54.8 Å². The van der Waals surface area contributed by atoms with Gasteiger partial charge in [-0.15, -0.1) is 5.10 Å². The molecule has 3 heterocycles. The van der Waals surface area contributed by atoms with Crippen molar-refractivity contribution in [3.05, 3.63) is 40.7 Å². The number of nitrogens with one attached hydrogen (secondary N) is 2. The molecule has 1 aromatic carbocycles. The lowest BCUT2D eigenvalue weighted by Crippen LogP contribution is -2.54. The van der Waals surface area contributed by atoms with E-state index in [4.69, 9.17) is 0 Å². The number of tetrazole rings is 1. The Balaban J connectivity index is 1.35. The Morgan fingerprint density at radius 1 is 1.16 bits per heavy atom. The third-order valence-corrected chi connectivity index (χ3v) is 6.60. The van der Waals surface area contributed by atoms with Gasteiger partial charge in [-0.25, -0.2) is 4.68 Å². The SMILES string of the molecule is CCn1nnnc1C1(NCc2ccc3c(c2)C(=O)N(C2CCC(=O)NC2=O)C3=O)CCC1. The molecular weight excluding hydrogens is 414 g/mol. The minimum Gasteiger partial charge on any atom is -0.301 e. The Bertz CT molecular complexity index is 1140. The first-order valence-corrected chi connectivity index (χ1v) is 10.8. The number of piperidine rings is 1. The van der Waals surface area contributed by atoms with Crippen LogP contribution in [0.4, 0.5) is 0 Å². The van der Waals surface area contributed by atoms with Crippen LogP contribution in [0.25, 0.3) is 0 Å². The Hall–Kier alpha value is -3.47. The molecule has 1 aromatic heterocycles. The Labute approximate surface area is 183 Å². The maximum absolute atomic E-state index is 13.0. The van der Waals surface area contributed by atoms with Gasteiger partial charge in [0.05, 0.1) is 16.7 Å². The second kappa shape index (κ2) is 7.59. The molecule has 1 aliphatic carbocycles. The maximum Gasteiger partial charge on any atom is 0.262 e. The molecular formula is C21H23N7O4. The van der Waals surface area contributed by atoms with Crippen molar-refractivity contribution in [3.63, 3.8) is 0 Å². The molecule has 0 radical (unpaired) electrons. The first-order chi connectivity index (χ1) is 15.4. The molecule has 11 nitrogen and oxygen atoms in total. The van der Waals surface area contributed by atoms with Gasteiger partial charge in [0.2, 0.25) is 11.8 Å². The van der Waals surface area contributed by atoms with Crippen LogP contribution in [0, 0.1) is 0 Å². The number of carbonyl (C=O) groups is 4. The lowest BCUT2D eigenvalue weighted by molar-refractivity contribution is -0.136. The van der Waals surface area contributed by atoms with Gasteiger partial charge in [-0.05, 0) is 60.7 Å². The maximum atomic E-state index is 13.0. The molecule has 166 valence electrons. The van der Waals surface area contributed by atoms with E-state index >= 15 is 0 Å². The second-order valence-corrected chi connectivity index (χ2v) is 8.43. The Morgan fingerprint density at radius 2 is 1.94 bits per heavy atom. The Morgan fingerprint density at radius 3 is 2.62 bits per heavy atom. The fourth-order valence-corrected chi connectivity index (χ4v) is 4.67. The van der Waals surface area contributed by atoms with Crippen molar-refractivity contribution in [2.24, 2.45) is 0 Å². The van der Waals surface area contributed by atoms with Gasteiger partial charge in [0.25, 0.3) is 11.8 Å². The molecule has 0 spiro atoms. The summed E-state index contributed by atoms with van der Waals surface area (Å²) in [4.78, 5) is 50.5. The molecule has 1 saturated carbocycles. The van der Waals surface area contributed by atoms with Crippen LogP contribution in [-0.2, 0) is 28.2 Å². The molecule has 2 aromatic rings. The normalized spacial score (nSPS) is 22.0. The fourth-order valence-electron chi connectivity index (χ4n) is 4.67. The fraction of sp³-hybridized carbons (Fsp3) is 0.476. The highest BCUT2D eigenvalue weighted by atomic mass is 16.2. The predicted molar refractivity (Wildman–Crippen MR) is 109 cm³/mol. The lowest BCUT2D eigenvalue weighted by atomic mass is 9.75. The first-order valence-electron chi connectivity index (χ1n) is 10.8. The quantitative estimate of drug-likeness (QED) is 0.614. The van der Waals surface area contributed by atoms with Crippen molar-refractivity contribution in [3.8, 4) is 0 Å². The highest BCUT2D eigenvalue weighted by Gasteiger charge is 2.45. The van der Waals surface area contributed by atoms with Crippen molar-refractivity contribution in [1.82, 2.24) is 35.7 Å². The van der Waals surface area contributed by atoms with Gasteiger partial charge >= 0.3 is 0 Å². The zero-order valence-electron chi connectivity index (χ0n) is 17.6. The number of fused-ring (bicyclic) bond motifs is 1. The van der Waals surface area contributed by atoms with Crippen LogP contribution >= 0.6 is 0 Å². The van der Waals surface area contributed by atoms with Gasteiger partial charge < -0.3 is 5.32 Å². The number of aryl methyl sites for hydroxylation is 1. The van der Waals surface area contributed by atoms with Crippen LogP contribution < -0.4 is 10.6 Å². The number of nitrogens with zero attached hydrogens (tertiary/aromatic N) is 5. The molecule has 1 unspecified atom stereocenters. The van der Waals surface area contributed by atoms with Crippen molar-refractivity contribution in [1.29, 1.82) is 0 Å². The van der Waals surface area contributed by atoms with E-state index in [1.54, 1.807) is 22.9 Å². The molecule has 5 rings (SSSR count). The van der Waals surface area contributed by atoms with E-state index in [0.29, 0.717) is 13.1 Å². The summed E-state index contributed by atoms with van der Waals surface area (Å²) in [6.07, 6.45) is 3.14. The molecule has 1 saturated heterocycles. The minimum atomic E-state index is -0.965. The van der Waals surface area contributed by atoms with E-state index < -0.39 is 29.7 Å². The van der Waals surface area contributed by atoms with Gasteiger partial charge in [0.1, 0.15) is 6.04 Å². The zero-order chi connectivity index (χ0) is 22.5. The molecule has 11 heteroatoms. The largest absolute Gasteiger partial charge is 0.301 e. The van der Waals surface area contributed by atoms with Crippen molar-refractivity contribution in [2.45, 2.75) is 63.7 Å². The van der Waals surface area contributed by atoms with Gasteiger partial charge in [-0.2, -0.15) is 0 Å². The van der Waals surface area contributed by atoms with Crippen LogP contribution in [0.2, 0.25) is 0 Å². The number of hydrogen-bond donors (Lipinski definition) is 2. The summed E-state index contributed by atoms with van der Waals surface area (Å²) < 4.78 is 1.79. The van der Waals surface area contributed by atoms with Crippen molar-refractivity contribution < 1.29 is 19.2 Å². The number of amides is 4. The summed E-state index contributed by atoms with van der Waals surface area (Å²) in [6, 6.07) is 4.17. The standard InChI is InChI=1S/C21H23N7O4/c1-2-27-20(24-25-26-27)21(8-3-9-21)22-11-12-4-5-13-14(10-12)19(32)28(18(13)31)15-6-7-16(29)23-17(15)30/h4-5,10,15,22H,2-3,6-9,11H2,1H3,(H,23,29,30). The number of imide groups is 2. The number of benzene rings is 1. The third kappa shape index (κ3) is 3.11. The second-order valence-electron chi connectivity index (χ2n) is 8.43. The van der Waals surface area contributed by atoms with Crippen LogP contribution in [0.1, 0.15) is 71.1 Å².